The van der Waals surface area contributed by atoms with Crippen molar-refractivity contribution in [3.05, 3.63) is 119 Å². The number of esters is 1. The zero-order valence-electron chi connectivity index (χ0n) is 23.7. The third-order valence-electron chi connectivity index (χ3n) is 7.00. The molecule has 1 amide bonds. The lowest BCUT2D eigenvalue weighted by Crippen LogP contribution is -2.42. The Bertz CT molecular complexity index is 1980. The van der Waals surface area contributed by atoms with E-state index >= 15 is 0 Å². The van der Waals surface area contributed by atoms with Crippen molar-refractivity contribution in [1.29, 1.82) is 0 Å². The third kappa shape index (κ3) is 5.55. The first-order valence-corrected chi connectivity index (χ1v) is 13.9. The van der Waals surface area contributed by atoms with Crippen LogP contribution in [0.2, 0.25) is 0 Å². The summed E-state index contributed by atoms with van der Waals surface area (Å²) in [4.78, 5) is 51.7. The molecule has 13 heteroatoms. The number of nitrogens with zero attached hydrogens (tertiary/aromatic N) is 2. The van der Waals surface area contributed by atoms with Gasteiger partial charge in [-0.1, -0.05) is 24.3 Å². The number of fused-ring (bicyclic) bond motifs is 1. The monoisotopic (exact) mass is 614 g/mol. The molecule has 3 aromatic carbocycles. The Balaban J connectivity index is 1.78. The van der Waals surface area contributed by atoms with Gasteiger partial charge in [-0.25, -0.2) is 4.79 Å². The minimum atomic E-state index is -1.04. The number of hydrogen-bond acceptors (Lipinski definition) is 10. The van der Waals surface area contributed by atoms with Gasteiger partial charge in [-0.2, -0.15) is 0 Å². The number of nitro benzene ring substituents is 1. The van der Waals surface area contributed by atoms with Gasteiger partial charge in [0.25, 0.3) is 17.2 Å². The van der Waals surface area contributed by atoms with Crippen molar-refractivity contribution >= 4 is 52.1 Å². The van der Waals surface area contributed by atoms with Crippen LogP contribution in [-0.2, 0) is 14.3 Å². The van der Waals surface area contributed by atoms with Crippen molar-refractivity contribution in [3.8, 4) is 11.5 Å². The number of carbonyl (C=O) groups excluding carboxylic acids is 2. The highest BCUT2D eigenvalue weighted by atomic mass is 32.1. The largest absolute Gasteiger partial charge is 0.497 e. The van der Waals surface area contributed by atoms with E-state index in [1.165, 1.54) is 38.5 Å². The number of non-ortho nitro benzene ring substituents is 1. The molecule has 44 heavy (non-hydrogen) atoms. The van der Waals surface area contributed by atoms with Gasteiger partial charge in [0.15, 0.2) is 0 Å². The van der Waals surface area contributed by atoms with Gasteiger partial charge in [-0.15, -0.1) is 11.3 Å². The van der Waals surface area contributed by atoms with E-state index in [1.807, 2.05) is 0 Å². The molecule has 1 aromatic heterocycles. The normalized spacial score (nSPS) is 14.6. The van der Waals surface area contributed by atoms with Gasteiger partial charge in [-0.3, -0.25) is 24.3 Å². The molecule has 1 atom stereocenters. The van der Waals surface area contributed by atoms with Crippen LogP contribution in [0.3, 0.4) is 0 Å². The lowest BCUT2D eigenvalue weighted by molar-refractivity contribution is -0.384. The molecule has 5 rings (SSSR count). The van der Waals surface area contributed by atoms with Gasteiger partial charge in [0, 0.05) is 17.8 Å². The second kappa shape index (κ2) is 12.3. The lowest BCUT2D eigenvalue weighted by Gasteiger charge is -2.27. The fourth-order valence-electron chi connectivity index (χ4n) is 4.82. The van der Waals surface area contributed by atoms with E-state index in [9.17, 15) is 24.5 Å². The second-order valence-electron chi connectivity index (χ2n) is 9.50. The molecule has 0 spiro atoms. The number of nitrogens with one attached hydrogen (secondary N) is 1. The minimum absolute atomic E-state index is 0.0552. The number of nitrogens with two attached hydrogens (primary N) is 1. The summed E-state index contributed by atoms with van der Waals surface area (Å²) in [6, 6.07) is 19.0. The van der Waals surface area contributed by atoms with E-state index in [0.29, 0.717) is 22.6 Å². The summed E-state index contributed by atoms with van der Waals surface area (Å²) >= 11 is 1.04. The Morgan fingerprint density at radius 1 is 0.932 bits per heavy atom. The van der Waals surface area contributed by atoms with Gasteiger partial charge in [0.2, 0.25) is 0 Å². The molecular weight excluding hydrogens is 588 g/mol. The highest BCUT2D eigenvalue weighted by Crippen LogP contribution is 2.38. The summed E-state index contributed by atoms with van der Waals surface area (Å²) in [5.41, 5.74) is 7.28. The molecule has 3 N–H and O–H groups in total. The number of anilines is 1. The summed E-state index contributed by atoms with van der Waals surface area (Å²) in [7, 11) is 4.23. The second-order valence-corrected chi connectivity index (χ2v) is 10.5. The quantitative estimate of drug-likeness (QED) is 0.172. The highest BCUT2D eigenvalue weighted by molar-refractivity contribution is 7.07. The van der Waals surface area contributed by atoms with Crippen LogP contribution in [-0.4, -0.2) is 42.7 Å². The maximum Gasteiger partial charge on any atom is 0.338 e. The van der Waals surface area contributed by atoms with Crippen molar-refractivity contribution in [2.75, 3.05) is 26.6 Å². The van der Waals surface area contributed by atoms with Crippen LogP contribution in [0.25, 0.3) is 17.5 Å². The van der Waals surface area contributed by atoms with Crippen molar-refractivity contribution in [3.63, 3.8) is 0 Å². The number of nitro groups is 1. The zero-order chi connectivity index (χ0) is 31.5. The maximum absolute atomic E-state index is 14.1. The topological polar surface area (TPSA) is 165 Å². The van der Waals surface area contributed by atoms with Gasteiger partial charge in [-0.05, 0) is 53.6 Å². The van der Waals surface area contributed by atoms with E-state index in [0.717, 1.165) is 15.9 Å². The molecule has 0 fully saturated rings. The molecule has 4 aromatic rings. The smallest absolute Gasteiger partial charge is 0.338 e. The van der Waals surface area contributed by atoms with Crippen LogP contribution in [0, 0.1) is 10.1 Å². The SMILES string of the molecule is COC(=O)C1=C(N)n2c(s/c(=C/c3ccc(OC)cc3)c2=O)=C(C(=O)Nc2ccc([N+](=O)[O-])cc2)C1c1ccc(OC)cc1. The molecule has 224 valence electrons. The number of ether oxygens (including phenoxy) is 3. The Kier molecular flexibility index (Phi) is 8.31. The molecule has 0 radical (unpaired) electrons. The maximum atomic E-state index is 14.1. The Morgan fingerprint density at radius 2 is 1.52 bits per heavy atom. The number of carbonyl (C=O) groups is 2. The summed E-state index contributed by atoms with van der Waals surface area (Å²) in [6.07, 6.45) is 1.65. The van der Waals surface area contributed by atoms with E-state index < -0.39 is 28.3 Å². The average molecular weight is 615 g/mol. The molecule has 1 unspecified atom stereocenters. The third-order valence-corrected chi connectivity index (χ3v) is 8.11. The number of aromatic nitrogens is 1. The Labute approximate surface area is 254 Å². The zero-order valence-corrected chi connectivity index (χ0v) is 24.5. The number of thiazole rings is 1. The molecule has 1 aliphatic rings. The number of methoxy groups -OCH3 is 3. The van der Waals surface area contributed by atoms with Crippen molar-refractivity contribution in [1.82, 2.24) is 4.57 Å². The van der Waals surface area contributed by atoms with Gasteiger partial charge < -0.3 is 25.3 Å². The van der Waals surface area contributed by atoms with Crippen molar-refractivity contribution < 1.29 is 28.7 Å². The average Bonchev–Trinajstić information content (AvgIpc) is 3.36. The summed E-state index contributed by atoms with van der Waals surface area (Å²) in [5, 5.41) is 13.9. The molecular formula is C31H26N4O8S. The number of benzene rings is 3. The molecule has 0 saturated heterocycles. The molecule has 0 saturated carbocycles. The van der Waals surface area contributed by atoms with Crippen LogP contribution in [0.5, 0.6) is 11.5 Å². The van der Waals surface area contributed by atoms with Crippen LogP contribution >= 0.6 is 11.3 Å². The minimum Gasteiger partial charge on any atom is -0.497 e. The summed E-state index contributed by atoms with van der Waals surface area (Å²) < 4.78 is 17.2. The van der Waals surface area contributed by atoms with Crippen molar-refractivity contribution in [2.45, 2.75) is 5.92 Å². The Morgan fingerprint density at radius 3 is 2.07 bits per heavy atom. The molecule has 0 bridgehead atoms. The van der Waals surface area contributed by atoms with E-state index in [2.05, 4.69) is 5.32 Å². The van der Waals surface area contributed by atoms with Crippen LogP contribution < -0.4 is 35.3 Å². The first-order chi connectivity index (χ1) is 21.2. The molecule has 1 aliphatic heterocycles. The molecule has 12 nitrogen and oxygen atoms in total. The first-order valence-electron chi connectivity index (χ1n) is 13.1. The lowest BCUT2D eigenvalue weighted by atomic mass is 9.82. The predicted octanol–water partition coefficient (Wildman–Crippen LogP) is 2.55. The first kappa shape index (κ1) is 29.8. The van der Waals surface area contributed by atoms with Crippen LogP contribution in [0.4, 0.5) is 11.4 Å². The predicted molar refractivity (Wildman–Crippen MR) is 165 cm³/mol. The fourth-order valence-corrected chi connectivity index (χ4v) is 6.00. The standard InChI is InChI=1S/C31H26N4O8S/c1-41-21-12-4-17(5-13-21)16-23-29(37)34-27(32)25(31(38)43-3)24(18-6-14-22(42-2)15-7-18)26(30(34)44-23)28(36)33-19-8-10-20(11-9-19)35(39)40/h4-16,24H,32H2,1-3H3,(H,33,36)/b23-16+. The van der Waals surface area contributed by atoms with Gasteiger partial charge in [0.1, 0.15) is 22.0 Å². The highest BCUT2D eigenvalue weighted by Gasteiger charge is 2.39. The summed E-state index contributed by atoms with van der Waals surface area (Å²) in [5.74, 6) is -1.51. The number of rotatable bonds is 8. The van der Waals surface area contributed by atoms with Gasteiger partial charge >= 0.3 is 5.97 Å². The summed E-state index contributed by atoms with van der Waals surface area (Å²) in [6.45, 7) is 0. The van der Waals surface area contributed by atoms with E-state index in [4.69, 9.17) is 19.9 Å². The van der Waals surface area contributed by atoms with Crippen LogP contribution in [0.1, 0.15) is 17.0 Å². The fraction of sp³-hybridized carbons (Fsp3) is 0.129. The number of hydrogen-bond donors (Lipinski definition) is 2. The van der Waals surface area contributed by atoms with E-state index in [-0.39, 0.29) is 37.5 Å². The molecule has 2 heterocycles. The van der Waals surface area contributed by atoms with E-state index in [1.54, 1.807) is 61.7 Å². The van der Waals surface area contributed by atoms with Crippen molar-refractivity contribution in [2.24, 2.45) is 5.73 Å². The van der Waals surface area contributed by atoms with Crippen LogP contribution in [0.15, 0.2) is 83.2 Å². The number of amides is 1. The Hall–Kier alpha value is -5.69. The van der Waals surface area contributed by atoms with Gasteiger partial charge in [0.05, 0.1) is 47.8 Å². The molecule has 0 aliphatic carbocycles.